The molecule has 0 spiro atoms. The maximum Gasteiger partial charge on any atom is 0.318 e. The molecule has 0 saturated heterocycles. The van der Waals surface area contributed by atoms with Crippen LogP contribution >= 0.6 is 0 Å². The molecule has 0 aromatic heterocycles. The van der Waals surface area contributed by atoms with Crippen molar-refractivity contribution in [2.45, 2.75) is 40.2 Å². The van der Waals surface area contributed by atoms with Gasteiger partial charge in [-0.05, 0) is 36.5 Å². The van der Waals surface area contributed by atoms with Gasteiger partial charge in [-0.1, -0.05) is 32.0 Å². The Morgan fingerprint density at radius 1 is 1.18 bits per heavy atom. The van der Waals surface area contributed by atoms with Gasteiger partial charge in [0.15, 0.2) is 6.10 Å². The lowest BCUT2D eigenvalue weighted by molar-refractivity contribution is -0.157. The van der Waals surface area contributed by atoms with E-state index in [-0.39, 0.29) is 12.3 Å². The lowest BCUT2D eigenvalue weighted by Crippen LogP contribution is -2.45. The molecule has 1 aromatic rings. The lowest BCUT2D eigenvalue weighted by atomic mass is 10.0. The van der Waals surface area contributed by atoms with Gasteiger partial charge in [-0.25, -0.2) is 4.79 Å². The van der Waals surface area contributed by atoms with Crippen LogP contribution in [0.4, 0.5) is 4.79 Å². The van der Waals surface area contributed by atoms with Gasteiger partial charge in [-0.3, -0.25) is 14.9 Å². The van der Waals surface area contributed by atoms with E-state index in [9.17, 15) is 14.4 Å². The van der Waals surface area contributed by atoms with Crippen LogP contribution in [0.2, 0.25) is 0 Å². The van der Waals surface area contributed by atoms with Gasteiger partial charge in [0.25, 0.3) is 5.91 Å². The average molecular weight is 306 g/mol. The summed E-state index contributed by atoms with van der Waals surface area (Å²) in [7, 11) is 0. The molecule has 3 N–H and O–H groups in total. The Bertz CT molecular complexity index is 582. The Labute approximate surface area is 130 Å². The number of carbonyl (C=O) groups excluding carboxylic acids is 3. The molecule has 6 nitrogen and oxygen atoms in total. The summed E-state index contributed by atoms with van der Waals surface area (Å²) in [4.78, 5) is 34.5. The number of urea groups is 1. The molecule has 1 aromatic carbocycles. The molecule has 0 radical (unpaired) electrons. The van der Waals surface area contributed by atoms with E-state index < -0.39 is 24.0 Å². The number of ether oxygens (including phenoxy) is 1. The Hall–Kier alpha value is -2.37. The number of esters is 1. The molecule has 0 unspecified atom stereocenters. The number of rotatable bonds is 5. The highest BCUT2D eigenvalue weighted by Crippen LogP contribution is 2.13. The van der Waals surface area contributed by atoms with Crippen LogP contribution in [0.3, 0.4) is 0 Å². The van der Waals surface area contributed by atoms with Crippen LogP contribution < -0.4 is 11.1 Å². The van der Waals surface area contributed by atoms with Crippen LogP contribution in [-0.4, -0.2) is 24.0 Å². The van der Waals surface area contributed by atoms with E-state index in [0.717, 1.165) is 16.7 Å². The van der Waals surface area contributed by atoms with Gasteiger partial charge in [0.2, 0.25) is 0 Å². The van der Waals surface area contributed by atoms with Gasteiger partial charge < -0.3 is 10.5 Å². The number of aryl methyl sites for hydroxylation is 2. The largest absolute Gasteiger partial charge is 0.452 e. The monoisotopic (exact) mass is 306 g/mol. The lowest BCUT2D eigenvalue weighted by Gasteiger charge is -2.20. The summed E-state index contributed by atoms with van der Waals surface area (Å²) >= 11 is 0. The zero-order valence-electron chi connectivity index (χ0n) is 13.3. The standard InChI is InChI=1S/C16H22N2O4/c1-9(2)14(15(20)18-16(17)21)22-13(19)8-12-6-5-10(3)11(4)7-12/h5-7,9,14H,8H2,1-4H3,(H3,17,18,20,21)/t14-/m0/s1. The van der Waals surface area contributed by atoms with Crippen molar-refractivity contribution >= 4 is 17.9 Å². The summed E-state index contributed by atoms with van der Waals surface area (Å²) in [6.07, 6.45) is -0.986. The third kappa shape index (κ3) is 5.20. The Morgan fingerprint density at radius 3 is 2.32 bits per heavy atom. The first-order valence-corrected chi connectivity index (χ1v) is 7.06. The van der Waals surface area contributed by atoms with Crippen LogP contribution in [-0.2, 0) is 20.7 Å². The van der Waals surface area contributed by atoms with Crippen molar-refractivity contribution in [3.05, 3.63) is 34.9 Å². The van der Waals surface area contributed by atoms with Gasteiger partial charge in [0.05, 0.1) is 6.42 Å². The van der Waals surface area contributed by atoms with Gasteiger partial charge in [-0.2, -0.15) is 0 Å². The Morgan fingerprint density at radius 2 is 1.82 bits per heavy atom. The first kappa shape index (κ1) is 17.7. The van der Waals surface area contributed by atoms with E-state index in [1.807, 2.05) is 37.4 Å². The zero-order chi connectivity index (χ0) is 16.9. The van der Waals surface area contributed by atoms with Gasteiger partial charge in [-0.15, -0.1) is 0 Å². The Balaban J connectivity index is 2.73. The highest BCUT2D eigenvalue weighted by molar-refractivity contribution is 5.96. The summed E-state index contributed by atoms with van der Waals surface area (Å²) in [5.41, 5.74) is 7.93. The number of nitrogens with one attached hydrogen (secondary N) is 1. The maximum atomic E-state index is 12.0. The molecule has 3 amide bonds. The van der Waals surface area contributed by atoms with E-state index in [1.54, 1.807) is 13.8 Å². The molecule has 1 rings (SSSR count). The van der Waals surface area contributed by atoms with Crippen molar-refractivity contribution in [3.8, 4) is 0 Å². The van der Waals surface area contributed by atoms with Crippen molar-refractivity contribution in [3.63, 3.8) is 0 Å². The smallest absolute Gasteiger partial charge is 0.318 e. The molecule has 0 aliphatic rings. The van der Waals surface area contributed by atoms with Gasteiger partial charge >= 0.3 is 12.0 Å². The zero-order valence-corrected chi connectivity index (χ0v) is 13.3. The molecule has 0 aliphatic heterocycles. The van der Waals surface area contributed by atoms with Crippen LogP contribution in [0.1, 0.15) is 30.5 Å². The van der Waals surface area contributed by atoms with E-state index in [2.05, 4.69) is 0 Å². The molecule has 0 fully saturated rings. The molecule has 6 heteroatoms. The molecule has 0 heterocycles. The topological polar surface area (TPSA) is 98.5 Å². The van der Waals surface area contributed by atoms with Crippen molar-refractivity contribution in [2.24, 2.45) is 11.7 Å². The first-order valence-electron chi connectivity index (χ1n) is 7.06. The van der Waals surface area contributed by atoms with E-state index in [1.165, 1.54) is 0 Å². The van der Waals surface area contributed by atoms with Crippen LogP contribution in [0.25, 0.3) is 0 Å². The second-order valence-corrected chi connectivity index (χ2v) is 5.60. The van der Waals surface area contributed by atoms with E-state index >= 15 is 0 Å². The molecular formula is C16H22N2O4. The minimum atomic E-state index is -1.05. The van der Waals surface area contributed by atoms with Crippen molar-refractivity contribution in [1.29, 1.82) is 0 Å². The molecule has 0 bridgehead atoms. The third-order valence-electron chi connectivity index (χ3n) is 3.29. The number of carbonyl (C=O) groups is 3. The SMILES string of the molecule is Cc1ccc(CC(=O)O[C@H](C(=O)NC(N)=O)C(C)C)cc1C. The van der Waals surface area contributed by atoms with Gasteiger partial charge in [0, 0.05) is 0 Å². The quantitative estimate of drug-likeness (QED) is 0.807. The van der Waals surface area contributed by atoms with E-state index in [4.69, 9.17) is 10.5 Å². The van der Waals surface area contributed by atoms with Crippen LogP contribution in [0.5, 0.6) is 0 Å². The van der Waals surface area contributed by atoms with E-state index in [0.29, 0.717) is 0 Å². The second kappa shape index (κ2) is 7.59. The van der Waals surface area contributed by atoms with Gasteiger partial charge in [0.1, 0.15) is 0 Å². The van der Waals surface area contributed by atoms with Crippen molar-refractivity contribution in [2.75, 3.05) is 0 Å². The predicted octanol–water partition coefficient (Wildman–Crippen LogP) is 1.61. The fourth-order valence-corrected chi connectivity index (χ4v) is 1.95. The normalized spacial score (nSPS) is 11.9. The highest BCUT2D eigenvalue weighted by Gasteiger charge is 2.27. The number of imide groups is 1. The maximum absolute atomic E-state index is 12.0. The minimum Gasteiger partial charge on any atom is -0.452 e. The van der Waals surface area contributed by atoms with Crippen molar-refractivity contribution in [1.82, 2.24) is 5.32 Å². The minimum absolute atomic E-state index is 0.0637. The summed E-state index contributed by atoms with van der Waals surface area (Å²) < 4.78 is 5.19. The Kier molecular flexibility index (Phi) is 6.10. The number of primary amides is 1. The number of hydrogen-bond donors (Lipinski definition) is 2. The molecular weight excluding hydrogens is 284 g/mol. The summed E-state index contributed by atoms with van der Waals surface area (Å²) in [5, 5.41) is 1.93. The highest BCUT2D eigenvalue weighted by atomic mass is 16.5. The predicted molar refractivity (Wildman–Crippen MR) is 82.1 cm³/mol. The van der Waals surface area contributed by atoms with Crippen molar-refractivity contribution < 1.29 is 19.1 Å². The molecule has 0 aliphatic carbocycles. The summed E-state index contributed by atoms with van der Waals surface area (Å²) in [6, 6.07) is 4.71. The van der Waals surface area contributed by atoms with Crippen LogP contribution in [0, 0.1) is 19.8 Å². The number of hydrogen-bond acceptors (Lipinski definition) is 4. The molecule has 22 heavy (non-hydrogen) atoms. The molecule has 0 saturated carbocycles. The fourth-order valence-electron chi connectivity index (χ4n) is 1.95. The number of amides is 3. The average Bonchev–Trinajstić information content (AvgIpc) is 2.39. The fraction of sp³-hybridized carbons (Fsp3) is 0.438. The number of benzene rings is 1. The summed E-state index contributed by atoms with van der Waals surface area (Å²) in [6.45, 7) is 7.38. The number of nitrogens with two attached hydrogens (primary N) is 1. The molecule has 120 valence electrons. The third-order valence-corrected chi connectivity index (χ3v) is 3.29. The second-order valence-electron chi connectivity index (χ2n) is 5.60. The van der Waals surface area contributed by atoms with Crippen LogP contribution in [0.15, 0.2) is 18.2 Å². The molecule has 1 atom stereocenters. The summed E-state index contributed by atoms with van der Waals surface area (Å²) in [5.74, 6) is -1.51. The first-order chi connectivity index (χ1) is 10.2.